The Bertz CT molecular complexity index is 1080. The summed E-state index contributed by atoms with van der Waals surface area (Å²) in [7, 11) is 0. The lowest BCUT2D eigenvalue weighted by Gasteiger charge is -2.41. The topological polar surface area (TPSA) is 84.8 Å². The van der Waals surface area contributed by atoms with E-state index in [0.717, 1.165) is 31.6 Å². The molecule has 0 aliphatic carbocycles. The standard InChI is InChI=1S/C28H40FN3O4/c1-17(2)16-35-25-19(9-10-21(29)31-25)20-15-30-18(3)22(24(26(33)34)36-27(4,5)6)23(20)32-13-11-28(7,8)12-14-32/h9-10,15,17,24H,11-14,16H2,1-8H3,(H,33,34)/t24-/m0/s1. The van der Waals surface area contributed by atoms with Crippen molar-refractivity contribution < 1.29 is 23.8 Å². The smallest absolute Gasteiger partial charge is 0.337 e. The van der Waals surface area contributed by atoms with Crippen LogP contribution in [0.3, 0.4) is 0 Å². The number of aromatic nitrogens is 2. The van der Waals surface area contributed by atoms with Crippen molar-refractivity contribution in [3.8, 4) is 17.0 Å². The summed E-state index contributed by atoms with van der Waals surface area (Å²) in [5.74, 6) is -1.34. The van der Waals surface area contributed by atoms with Gasteiger partial charge < -0.3 is 19.5 Å². The molecule has 0 unspecified atom stereocenters. The highest BCUT2D eigenvalue weighted by Gasteiger charge is 2.36. The van der Waals surface area contributed by atoms with Gasteiger partial charge in [0, 0.05) is 41.7 Å². The summed E-state index contributed by atoms with van der Waals surface area (Å²) in [4.78, 5) is 23.4. The normalized spacial score (nSPS) is 16.8. The number of carboxylic acids is 1. The predicted octanol–water partition coefficient (Wildman–Crippen LogP) is 6.19. The lowest BCUT2D eigenvalue weighted by atomic mass is 9.82. The van der Waals surface area contributed by atoms with E-state index in [-0.39, 0.29) is 17.2 Å². The summed E-state index contributed by atoms with van der Waals surface area (Å²) in [6, 6.07) is 2.92. The number of carbonyl (C=O) groups is 1. The van der Waals surface area contributed by atoms with Gasteiger partial charge in [0.25, 0.3) is 0 Å². The SMILES string of the molecule is Cc1ncc(-c2ccc(F)nc2OCC(C)C)c(N2CCC(C)(C)CC2)c1[C@H](OC(C)(C)C)C(=O)O. The highest BCUT2D eigenvalue weighted by molar-refractivity contribution is 5.87. The van der Waals surface area contributed by atoms with E-state index in [0.29, 0.717) is 29.0 Å². The lowest BCUT2D eigenvalue weighted by molar-refractivity contribution is -0.160. The molecule has 0 spiro atoms. The van der Waals surface area contributed by atoms with E-state index >= 15 is 0 Å². The van der Waals surface area contributed by atoms with Crippen LogP contribution in [-0.2, 0) is 9.53 Å². The van der Waals surface area contributed by atoms with Gasteiger partial charge in [-0.3, -0.25) is 4.98 Å². The Kier molecular flexibility index (Phi) is 8.28. The van der Waals surface area contributed by atoms with Crippen LogP contribution in [0.4, 0.5) is 10.1 Å². The Labute approximate surface area is 214 Å². The number of carboxylic acid groups (broad SMARTS) is 1. The number of hydrogen-bond donors (Lipinski definition) is 1. The molecule has 1 saturated heterocycles. The molecule has 0 saturated carbocycles. The monoisotopic (exact) mass is 501 g/mol. The molecule has 1 N–H and O–H groups in total. The number of halogens is 1. The minimum Gasteiger partial charge on any atom is -0.479 e. The van der Waals surface area contributed by atoms with Gasteiger partial charge in [0.05, 0.1) is 17.9 Å². The first-order chi connectivity index (χ1) is 16.7. The van der Waals surface area contributed by atoms with Gasteiger partial charge in [-0.25, -0.2) is 4.79 Å². The molecule has 1 aliphatic rings. The highest BCUT2D eigenvalue weighted by atomic mass is 19.1. The Morgan fingerprint density at radius 1 is 1.19 bits per heavy atom. The third kappa shape index (κ3) is 6.72. The van der Waals surface area contributed by atoms with Crippen molar-refractivity contribution in [3.05, 3.63) is 35.5 Å². The summed E-state index contributed by atoms with van der Waals surface area (Å²) < 4.78 is 26.2. The van der Waals surface area contributed by atoms with E-state index in [2.05, 4.69) is 28.7 Å². The predicted molar refractivity (Wildman–Crippen MR) is 139 cm³/mol. The summed E-state index contributed by atoms with van der Waals surface area (Å²) in [6.07, 6.45) is 2.38. The fourth-order valence-corrected chi connectivity index (χ4v) is 4.36. The number of ether oxygens (including phenoxy) is 2. The number of aliphatic carboxylic acids is 1. The fraction of sp³-hybridized carbons (Fsp3) is 0.607. The molecule has 36 heavy (non-hydrogen) atoms. The van der Waals surface area contributed by atoms with Crippen LogP contribution in [-0.4, -0.2) is 46.3 Å². The van der Waals surface area contributed by atoms with E-state index in [9.17, 15) is 14.3 Å². The number of nitrogens with zero attached hydrogens (tertiary/aromatic N) is 3. The van der Waals surface area contributed by atoms with Crippen molar-refractivity contribution >= 4 is 11.7 Å². The molecule has 3 rings (SSSR count). The number of aryl methyl sites for hydroxylation is 1. The number of pyridine rings is 2. The molecule has 7 nitrogen and oxygen atoms in total. The van der Waals surface area contributed by atoms with Crippen LogP contribution in [0.15, 0.2) is 18.3 Å². The van der Waals surface area contributed by atoms with Crippen molar-refractivity contribution in [1.29, 1.82) is 0 Å². The van der Waals surface area contributed by atoms with E-state index in [1.54, 1.807) is 19.2 Å². The van der Waals surface area contributed by atoms with Gasteiger partial charge in [0.2, 0.25) is 11.8 Å². The lowest BCUT2D eigenvalue weighted by Crippen LogP contribution is -2.39. The van der Waals surface area contributed by atoms with Gasteiger partial charge in [-0.05, 0) is 64.0 Å². The van der Waals surface area contributed by atoms with Gasteiger partial charge in [0.15, 0.2) is 6.10 Å². The summed E-state index contributed by atoms with van der Waals surface area (Å²) >= 11 is 0. The van der Waals surface area contributed by atoms with Crippen molar-refractivity contribution in [2.45, 2.75) is 79.9 Å². The average Bonchev–Trinajstić information content (AvgIpc) is 2.76. The van der Waals surface area contributed by atoms with Crippen LogP contribution in [0.25, 0.3) is 11.1 Å². The second-order valence-electron chi connectivity index (χ2n) is 11.8. The Hall–Kier alpha value is -2.74. The molecule has 0 radical (unpaired) electrons. The zero-order valence-electron chi connectivity index (χ0n) is 22.8. The summed E-state index contributed by atoms with van der Waals surface area (Å²) in [5.41, 5.74) is 2.54. The minimum absolute atomic E-state index is 0.169. The fourth-order valence-electron chi connectivity index (χ4n) is 4.36. The molecular formula is C28H40FN3O4. The van der Waals surface area contributed by atoms with Gasteiger partial charge in [-0.2, -0.15) is 9.37 Å². The molecule has 3 heterocycles. The number of hydrogen-bond acceptors (Lipinski definition) is 6. The molecule has 0 amide bonds. The molecule has 198 valence electrons. The van der Waals surface area contributed by atoms with Crippen molar-refractivity contribution in [2.75, 3.05) is 24.6 Å². The second kappa shape index (κ2) is 10.7. The molecule has 0 bridgehead atoms. The Morgan fingerprint density at radius 2 is 1.83 bits per heavy atom. The van der Waals surface area contributed by atoms with Crippen LogP contribution in [0.2, 0.25) is 0 Å². The largest absolute Gasteiger partial charge is 0.479 e. The molecule has 8 heteroatoms. The van der Waals surface area contributed by atoms with Crippen LogP contribution >= 0.6 is 0 Å². The van der Waals surface area contributed by atoms with Crippen LogP contribution in [0, 0.1) is 24.2 Å². The second-order valence-corrected chi connectivity index (χ2v) is 11.8. The molecule has 0 aromatic carbocycles. The summed E-state index contributed by atoms with van der Waals surface area (Å²) in [6.45, 7) is 17.7. The van der Waals surface area contributed by atoms with Gasteiger partial charge >= 0.3 is 5.97 Å². The van der Waals surface area contributed by atoms with Gasteiger partial charge in [0.1, 0.15) is 0 Å². The van der Waals surface area contributed by atoms with Crippen LogP contribution in [0.1, 0.15) is 78.7 Å². The van der Waals surface area contributed by atoms with Crippen molar-refractivity contribution in [1.82, 2.24) is 9.97 Å². The first-order valence-corrected chi connectivity index (χ1v) is 12.6. The molecule has 1 fully saturated rings. The first kappa shape index (κ1) is 27.8. The zero-order valence-corrected chi connectivity index (χ0v) is 22.8. The highest BCUT2D eigenvalue weighted by Crippen LogP contribution is 2.45. The van der Waals surface area contributed by atoms with Gasteiger partial charge in [-0.15, -0.1) is 0 Å². The van der Waals surface area contributed by atoms with Gasteiger partial charge in [-0.1, -0.05) is 27.7 Å². The van der Waals surface area contributed by atoms with E-state index in [1.165, 1.54) is 6.07 Å². The maximum atomic E-state index is 14.2. The number of anilines is 1. The Morgan fingerprint density at radius 3 is 2.39 bits per heavy atom. The van der Waals surface area contributed by atoms with Crippen LogP contribution in [0.5, 0.6) is 5.88 Å². The molecule has 2 aromatic heterocycles. The molecule has 2 aromatic rings. The van der Waals surface area contributed by atoms with Crippen LogP contribution < -0.4 is 9.64 Å². The average molecular weight is 502 g/mol. The zero-order chi connectivity index (χ0) is 26.8. The maximum Gasteiger partial charge on any atom is 0.337 e. The van der Waals surface area contributed by atoms with Crippen molar-refractivity contribution in [2.24, 2.45) is 11.3 Å². The number of piperidine rings is 1. The summed E-state index contributed by atoms with van der Waals surface area (Å²) in [5, 5.41) is 10.3. The molecule has 1 atom stereocenters. The van der Waals surface area contributed by atoms with E-state index in [4.69, 9.17) is 9.47 Å². The Balaban J connectivity index is 2.27. The quantitative estimate of drug-likeness (QED) is 0.432. The maximum absolute atomic E-state index is 14.2. The molecular weight excluding hydrogens is 461 g/mol. The number of rotatable bonds is 8. The van der Waals surface area contributed by atoms with E-state index in [1.807, 2.05) is 34.6 Å². The molecule has 1 aliphatic heterocycles. The third-order valence-electron chi connectivity index (χ3n) is 6.35. The van der Waals surface area contributed by atoms with E-state index < -0.39 is 23.6 Å². The third-order valence-corrected chi connectivity index (χ3v) is 6.35. The minimum atomic E-state index is -1.23. The first-order valence-electron chi connectivity index (χ1n) is 12.6. The van der Waals surface area contributed by atoms with Crippen molar-refractivity contribution in [3.63, 3.8) is 0 Å².